The SMILES string of the molecule is C[C@@H]1C2C[C@@H](C=O)NC21. The third-order valence-electron chi connectivity index (χ3n) is 2.66. The maximum atomic E-state index is 10.2. The van der Waals surface area contributed by atoms with Crippen LogP contribution in [0.3, 0.4) is 0 Å². The van der Waals surface area contributed by atoms with E-state index in [1.54, 1.807) is 0 Å². The highest BCUT2D eigenvalue weighted by molar-refractivity contribution is 5.59. The van der Waals surface area contributed by atoms with Crippen molar-refractivity contribution in [1.82, 2.24) is 5.32 Å². The van der Waals surface area contributed by atoms with Gasteiger partial charge in [0.1, 0.15) is 6.29 Å². The Balaban J connectivity index is 1.96. The van der Waals surface area contributed by atoms with Crippen LogP contribution in [0.1, 0.15) is 13.3 Å². The summed E-state index contributed by atoms with van der Waals surface area (Å²) in [4.78, 5) is 10.2. The molecule has 9 heavy (non-hydrogen) atoms. The Morgan fingerprint density at radius 1 is 1.67 bits per heavy atom. The lowest BCUT2D eigenvalue weighted by Crippen LogP contribution is -2.28. The molecule has 4 atom stereocenters. The van der Waals surface area contributed by atoms with Gasteiger partial charge in [0.25, 0.3) is 0 Å². The van der Waals surface area contributed by atoms with E-state index in [0.717, 1.165) is 24.5 Å². The van der Waals surface area contributed by atoms with E-state index in [4.69, 9.17) is 0 Å². The van der Waals surface area contributed by atoms with Crippen molar-refractivity contribution in [2.75, 3.05) is 0 Å². The second-order valence-electron chi connectivity index (χ2n) is 3.19. The molecule has 0 radical (unpaired) electrons. The van der Waals surface area contributed by atoms with E-state index in [0.29, 0.717) is 6.04 Å². The van der Waals surface area contributed by atoms with Gasteiger partial charge in [0.2, 0.25) is 0 Å². The number of carbonyl (C=O) groups excluding carboxylic acids is 1. The summed E-state index contributed by atoms with van der Waals surface area (Å²) in [7, 11) is 0. The average molecular weight is 125 g/mol. The van der Waals surface area contributed by atoms with E-state index in [2.05, 4.69) is 12.2 Å². The molecule has 1 N–H and O–H groups in total. The summed E-state index contributed by atoms with van der Waals surface area (Å²) in [5.74, 6) is 1.65. The minimum absolute atomic E-state index is 0.177. The Kier molecular flexibility index (Phi) is 0.943. The van der Waals surface area contributed by atoms with Gasteiger partial charge in [-0.05, 0) is 18.3 Å². The van der Waals surface area contributed by atoms with Gasteiger partial charge in [-0.1, -0.05) is 6.92 Å². The Bertz CT molecular complexity index is 134. The maximum Gasteiger partial charge on any atom is 0.136 e. The molecule has 0 aromatic carbocycles. The molecule has 2 fully saturated rings. The quantitative estimate of drug-likeness (QED) is 0.506. The van der Waals surface area contributed by atoms with Crippen LogP contribution in [0.5, 0.6) is 0 Å². The van der Waals surface area contributed by atoms with Crippen molar-refractivity contribution in [3.8, 4) is 0 Å². The minimum atomic E-state index is 0.177. The summed E-state index contributed by atoms with van der Waals surface area (Å²) in [5.41, 5.74) is 0. The highest BCUT2D eigenvalue weighted by atomic mass is 16.1. The van der Waals surface area contributed by atoms with Crippen LogP contribution in [0.2, 0.25) is 0 Å². The standard InChI is InChI=1S/C7H11NO/c1-4-6-2-5(3-9)8-7(4)6/h3-8H,2H2,1H3/t4-,5+,6?,7?/m1/s1. The predicted octanol–water partition coefficient (Wildman–Crippen LogP) is 0.182. The highest BCUT2D eigenvalue weighted by Crippen LogP contribution is 2.46. The van der Waals surface area contributed by atoms with E-state index < -0.39 is 0 Å². The first-order valence-electron chi connectivity index (χ1n) is 3.54. The molecule has 0 aromatic rings. The molecular formula is C7H11NO. The number of piperidine rings is 1. The van der Waals surface area contributed by atoms with Crippen molar-refractivity contribution in [2.24, 2.45) is 11.8 Å². The number of rotatable bonds is 1. The van der Waals surface area contributed by atoms with Crippen molar-refractivity contribution in [1.29, 1.82) is 0 Å². The Morgan fingerprint density at radius 3 is 2.89 bits per heavy atom. The van der Waals surface area contributed by atoms with Crippen LogP contribution in [-0.4, -0.2) is 18.4 Å². The molecule has 0 bridgehead atoms. The number of hydrogen-bond donors (Lipinski definition) is 1. The molecule has 1 aliphatic heterocycles. The summed E-state index contributed by atoms with van der Waals surface area (Å²) in [6, 6.07) is 0.858. The van der Waals surface area contributed by atoms with Gasteiger partial charge in [-0.3, -0.25) is 0 Å². The number of fused-ring (bicyclic) bond motifs is 1. The normalized spacial score (nSPS) is 54.8. The molecule has 0 spiro atoms. The summed E-state index contributed by atoms with van der Waals surface area (Å²) in [6.45, 7) is 2.24. The average Bonchev–Trinajstić information content (AvgIpc) is 2.32. The molecule has 0 aromatic heterocycles. The van der Waals surface area contributed by atoms with Crippen LogP contribution in [0.15, 0.2) is 0 Å². The molecule has 2 aliphatic rings. The fourth-order valence-electron chi connectivity index (χ4n) is 1.89. The minimum Gasteiger partial charge on any atom is -0.304 e. The zero-order valence-corrected chi connectivity index (χ0v) is 5.50. The summed E-state index contributed by atoms with van der Waals surface area (Å²) in [5, 5.41) is 3.26. The first kappa shape index (κ1) is 5.42. The van der Waals surface area contributed by atoms with Crippen molar-refractivity contribution >= 4 is 6.29 Å². The smallest absolute Gasteiger partial charge is 0.136 e. The molecule has 2 rings (SSSR count). The topological polar surface area (TPSA) is 29.1 Å². The van der Waals surface area contributed by atoms with Crippen LogP contribution in [-0.2, 0) is 4.79 Å². The van der Waals surface area contributed by atoms with Gasteiger partial charge in [0.05, 0.1) is 6.04 Å². The van der Waals surface area contributed by atoms with Crippen molar-refractivity contribution in [2.45, 2.75) is 25.4 Å². The number of aldehydes is 1. The maximum absolute atomic E-state index is 10.2. The second-order valence-corrected chi connectivity index (χ2v) is 3.19. The first-order valence-corrected chi connectivity index (χ1v) is 3.54. The molecule has 0 amide bonds. The number of nitrogens with one attached hydrogen (secondary N) is 1. The molecular weight excluding hydrogens is 114 g/mol. The van der Waals surface area contributed by atoms with E-state index in [9.17, 15) is 4.79 Å². The summed E-state index contributed by atoms with van der Waals surface area (Å²) in [6.07, 6.45) is 2.11. The first-order chi connectivity index (χ1) is 4.33. The van der Waals surface area contributed by atoms with Crippen LogP contribution >= 0.6 is 0 Å². The Labute approximate surface area is 54.6 Å². The third kappa shape index (κ3) is 0.628. The van der Waals surface area contributed by atoms with Gasteiger partial charge in [-0.25, -0.2) is 0 Å². The molecule has 2 heteroatoms. The van der Waals surface area contributed by atoms with E-state index in [1.165, 1.54) is 0 Å². The van der Waals surface area contributed by atoms with E-state index in [-0.39, 0.29) is 6.04 Å². The van der Waals surface area contributed by atoms with Gasteiger partial charge in [0, 0.05) is 6.04 Å². The molecule has 50 valence electrons. The van der Waals surface area contributed by atoms with Crippen molar-refractivity contribution < 1.29 is 4.79 Å². The van der Waals surface area contributed by atoms with Crippen molar-refractivity contribution in [3.05, 3.63) is 0 Å². The molecule has 2 unspecified atom stereocenters. The molecule has 1 aliphatic carbocycles. The Hall–Kier alpha value is -0.370. The third-order valence-corrected chi connectivity index (χ3v) is 2.66. The van der Waals surface area contributed by atoms with Gasteiger partial charge >= 0.3 is 0 Å². The molecule has 1 saturated heterocycles. The number of hydrogen-bond acceptors (Lipinski definition) is 2. The van der Waals surface area contributed by atoms with Crippen LogP contribution in [0.4, 0.5) is 0 Å². The molecule has 1 heterocycles. The zero-order valence-electron chi connectivity index (χ0n) is 5.50. The second kappa shape index (κ2) is 1.57. The molecule has 2 nitrogen and oxygen atoms in total. The zero-order chi connectivity index (χ0) is 6.43. The van der Waals surface area contributed by atoms with Gasteiger partial charge in [0.15, 0.2) is 0 Å². The summed E-state index contributed by atoms with van der Waals surface area (Å²) >= 11 is 0. The van der Waals surface area contributed by atoms with Crippen molar-refractivity contribution in [3.63, 3.8) is 0 Å². The lowest BCUT2D eigenvalue weighted by Gasteiger charge is -2.04. The fourth-order valence-corrected chi connectivity index (χ4v) is 1.89. The summed E-state index contributed by atoms with van der Waals surface area (Å²) < 4.78 is 0. The number of carbonyl (C=O) groups is 1. The van der Waals surface area contributed by atoms with E-state index >= 15 is 0 Å². The van der Waals surface area contributed by atoms with Gasteiger partial charge in [-0.15, -0.1) is 0 Å². The van der Waals surface area contributed by atoms with Gasteiger partial charge in [-0.2, -0.15) is 0 Å². The fraction of sp³-hybridized carbons (Fsp3) is 0.857. The molecule has 1 saturated carbocycles. The lowest BCUT2D eigenvalue weighted by atomic mass is 10.1. The van der Waals surface area contributed by atoms with Crippen LogP contribution in [0, 0.1) is 11.8 Å². The van der Waals surface area contributed by atoms with Gasteiger partial charge < -0.3 is 10.1 Å². The monoisotopic (exact) mass is 125 g/mol. The van der Waals surface area contributed by atoms with Crippen LogP contribution in [0.25, 0.3) is 0 Å². The lowest BCUT2D eigenvalue weighted by molar-refractivity contribution is -0.109. The predicted molar refractivity (Wildman–Crippen MR) is 34.0 cm³/mol. The van der Waals surface area contributed by atoms with E-state index in [1.807, 2.05) is 0 Å². The highest BCUT2D eigenvalue weighted by Gasteiger charge is 2.52. The largest absolute Gasteiger partial charge is 0.304 e. The van der Waals surface area contributed by atoms with Crippen LogP contribution < -0.4 is 5.32 Å². The Morgan fingerprint density at radius 2 is 2.44 bits per heavy atom.